The highest BCUT2D eigenvalue weighted by Gasteiger charge is 2.25. The topological polar surface area (TPSA) is 55.6 Å². The van der Waals surface area contributed by atoms with Gasteiger partial charge in [-0.2, -0.15) is 0 Å². The summed E-state index contributed by atoms with van der Waals surface area (Å²) < 4.78 is 31.8. The molecule has 1 fully saturated rings. The molecule has 1 aromatic carbocycles. The normalized spacial score (nSPS) is 17.9. The molecule has 20 heavy (non-hydrogen) atoms. The minimum atomic E-state index is -0.709. The van der Waals surface area contributed by atoms with Crippen molar-refractivity contribution >= 4 is 5.91 Å². The van der Waals surface area contributed by atoms with Crippen LogP contribution in [0.25, 0.3) is 0 Å². The van der Waals surface area contributed by atoms with Gasteiger partial charge in [0.25, 0.3) is 0 Å². The van der Waals surface area contributed by atoms with Gasteiger partial charge in [-0.15, -0.1) is 0 Å². The summed E-state index contributed by atoms with van der Waals surface area (Å²) in [5.74, 6) is -1.38. The summed E-state index contributed by atoms with van der Waals surface area (Å²) >= 11 is 0. The van der Waals surface area contributed by atoms with Crippen LogP contribution >= 0.6 is 0 Å². The number of halogens is 2. The number of nitrogens with two attached hydrogens (primary N) is 1. The van der Waals surface area contributed by atoms with Crippen molar-refractivity contribution in [3.8, 4) is 5.75 Å². The number of likely N-dealkylation sites (tertiary alicyclic amines) is 1. The molecule has 0 unspecified atom stereocenters. The Bertz CT molecular complexity index is 486. The van der Waals surface area contributed by atoms with Crippen LogP contribution in [-0.2, 0) is 4.79 Å². The van der Waals surface area contributed by atoms with Gasteiger partial charge < -0.3 is 15.4 Å². The molecule has 2 N–H and O–H groups in total. The molecular weight excluding hydrogens is 266 g/mol. The Hall–Kier alpha value is -1.69. The lowest BCUT2D eigenvalue weighted by Crippen LogP contribution is -2.47. The van der Waals surface area contributed by atoms with Gasteiger partial charge in [0.1, 0.15) is 11.9 Å². The van der Waals surface area contributed by atoms with Crippen LogP contribution in [0.15, 0.2) is 18.2 Å². The molecule has 1 aromatic rings. The first-order chi connectivity index (χ1) is 9.47. The van der Waals surface area contributed by atoms with Crippen LogP contribution in [0.2, 0.25) is 0 Å². The fourth-order valence-electron chi connectivity index (χ4n) is 2.23. The Morgan fingerprint density at radius 1 is 1.40 bits per heavy atom. The predicted molar refractivity (Wildman–Crippen MR) is 70.2 cm³/mol. The summed E-state index contributed by atoms with van der Waals surface area (Å²) in [5, 5.41) is 0. The van der Waals surface area contributed by atoms with Crippen LogP contribution in [0.5, 0.6) is 5.75 Å². The fourth-order valence-corrected chi connectivity index (χ4v) is 2.23. The van der Waals surface area contributed by atoms with Crippen molar-refractivity contribution in [3.63, 3.8) is 0 Å². The van der Waals surface area contributed by atoms with E-state index in [1.54, 1.807) is 11.8 Å². The molecule has 1 aliphatic heterocycles. The minimum absolute atomic E-state index is 0.0448. The van der Waals surface area contributed by atoms with Crippen molar-refractivity contribution in [1.82, 2.24) is 4.90 Å². The molecule has 1 amide bonds. The first kappa shape index (κ1) is 14.7. The van der Waals surface area contributed by atoms with E-state index in [4.69, 9.17) is 10.5 Å². The molecule has 1 aliphatic rings. The number of amides is 1. The Kier molecular flexibility index (Phi) is 4.54. The maximum Gasteiger partial charge on any atom is 0.239 e. The lowest BCUT2D eigenvalue weighted by molar-refractivity contribution is -0.134. The molecule has 0 radical (unpaired) electrons. The third kappa shape index (κ3) is 3.45. The monoisotopic (exact) mass is 284 g/mol. The Balaban J connectivity index is 1.90. The summed E-state index contributed by atoms with van der Waals surface area (Å²) in [5.41, 5.74) is 5.55. The van der Waals surface area contributed by atoms with Crippen molar-refractivity contribution in [1.29, 1.82) is 0 Å². The van der Waals surface area contributed by atoms with Gasteiger partial charge in [-0.3, -0.25) is 4.79 Å². The van der Waals surface area contributed by atoms with E-state index in [2.05, 4.69) is 0 Å². The third-order valence-corrected chi connectivity index (χ3v) is 3.33. The molecule has 1 atom stereocenters. The first-order valence-electron chi connectivity index (χ1n) is 6.63. The predicted octanol–water partition coefficient (Wildman–Crippen LogP) is 1.68. The van der Waals surface area contributed by atoms with Crippen LogP contribution in [0.4, 0.5) is 8.78 Å². The third-order valence-electron chi connectivity index (χ3n) is 3.33. The highest BCUT2D eigenvalue weighted by atomic mass is 19.1. The van der Waals surface area contributed by atoms with E-state index < -0.39 is 17.7 Å². The average Bonchev–Trinajstić information content (AvgIpc) is 2.42. The second kappa shape index (κ2) is 6.17. The molecule has 110 valence electrons. The Morgan fingerprint density at radius 2 is 2.05 bits per heavy atom. The van der Waals surface area contributed by atoms with Crippen LogP contribution in [0, 0.1) is 11.6 Å². The largest absolute Gasteiger partial charge is 0.487 e. The zero-order valence-corrected chi connectivity index (χ0v) is 11.3. The molecule has 0 saturated carbocycles. The number of hydrogen-bond acceptors (Lipinski definition) is 3. The van der Waals surface area contributed by atoms with Gasteiger partial charge >= 0.3 is 0 Å². The van der Waals surface area contributed by atoms with Gasteiger partial charge in [0.2, 0.25) is 5.91 Å². The number of nitrogens with zero attached hydrogens (tertiary/aromatic N) is 1. The standard InChI is InChI=1S/C14H18F2N2O2/c1-9(17)14(19)18-6-4-11(5-7-18)20-13-3-2-10(15)8-12(13)16/h2-3,8-9,11H,4-7,17H2,1H3/t9-/m0/s1. The van der Waals surface area contributed by atoms with Crippen LogP contribution in [0.1, 0.15) is 19.8 Å². The van der Waals surface area contributed by atoms with Gasteiger partial charge in [0.15, 0.2) is 11.6 Å². The molecular formula is C14H18F2N2O2. The van der Waals surface area contributed by atoms with Gasteiger partial charge in [0, 0.05) is 32.0 Å². The van der Waals surface area contributed by atoms with E-state index in [0.29, 0.717) is 25.9 Å². The SMILES string of the molecule is C[C@H](N)C(=O)N1CCC(Oc2ccc(F)cc2F)CC1. The summed E-state index contributed by atoms with van der Waals surface area (Å²) in [6.45, 7) is 2.72. The second-order valence-corrected chi connectivity index (χ2v) is 5.01. The summed E-state index contributed by atoms with van der Waals surface area (Å²) in [4.78, 5) is 13.4. The van der Waals surface area contributed by atoms with E-state index in [9.17, 15) is 13.6 Å². The first-order valence-corrected chi connectivity index (χ1v) is 6.63. The molecule has 0 aliphatic carbocycles. The Labute approximate surface area is 116 Å². The number of ether oxygens (including phenoxy) is 1. The fraction of sp³-hybridized carbons (Fsp3) is 0.500. The van der Waals surface area contributed by atoms with Crippen molar-refractivity contribution in [2.75, 3.05) is 13.1 Å². The zero-order chi connectivity index (χ0) is 14.7. The van der Waals surface area contributed by atoms with E-state index >= 15 is 0 Å². The smallest absolute Gasteiger partial charge is 0.239 e. The van der Waals surface area contributed by atoms with Crippen molar-refractivity contribution < 1.29 is 18.3 Å². The lowest BCUT2D eigenvalue weighted by Gasteiger charge is -2.33. The summed E-state index contributed by atoms with van der Waals surface area (Å²) in [7, 11) is 0. The Morgan fingerprint density at radius 3 is 2.60 bits per heavy atom. The molecule has 0 spiro atoms. The number of piperidine rings is 1. The number of hydrogen-bond donors (Lipinski definition) is 1. The number of carbonyl (C=O) groups is 1. The maximum atomic E-state index is 13.5. The van der Waals surface area contributed by atoms with E-state index in [-0.39, 0.29) is 17.8 Å². The number of rotatable bonds is 3. The highest BCUT2D eigenvalue weighted by Crippen LogP contribution is 2.23. The zero-order valence-electron chi connectivity index (χ0n) is 11.3. The second-order valence-electron chi connectivity index (χ2n) is 5.01. The molecule has 1 saturated heterocycles. The van der Waals surface area contributed by atoms with Crippen LogP contribution in [0.3, 0.4) is 0 Å². The van der Waals surface area contributed by atoms with Crippen molar-refractivity contribution in [2.45, 2.75) is 31.9 Å². The maximum absolute atomic E-state index is 13.5. The lowest BCUT2D eigenvalue weighted by atomic mass is 10.1. The molecule has 1 heterocycles. The van der Waals surface area contributed by atoms with Crippen LogP contribution in [-0.4, -0.2) is 36.0 Å². The number of carbonyl (C=O) groups excluding carboxylic acids is 1. The number of benzene rings is 1. The summed E-state index contributed by atoms with van der Waals surface area (Å²) in [6, 6.07) is 2.73. The van der Waals surface area contributed by atoms with E-state index in [1.807, 2.05) is 0 Å². The summed E-state index contributed by atoms with van der Waals surface area (Å²) in [6.07, 6.45) is 1.04. The van der Waals surface area contributed by atoms with Crippen molar-refractivity contribution in [2.24, 2.45) is 5.73 Å². The van der Waals surface area contributed by atoms with Gasteiger partial charge in [-0.1, -0.05) is 0 Å². The average molecular weight is 284 g/mol. The van der Waals surface area contributed by atoms with E-state index in [1.165, 1.54) is 6.07 Å². The molecule has 4 nitrogen and oxygen atoms in total. The molecule has 0 bridgehead atoms. The van der Waals surface area contributed by atoms with Gasteiger partial charge in [-0.25, -0.2) is 8.78 Å². The molecule has 6 heteroatoms. The molecule has 0 aromatic heterocycles. The molecule has 2 rings (SSSR count). The van der Waals surface area contributed by atoms with Crippen molar-refractivity contribution in [3.05, 3.63) is 29.8 Å². The quantitative estimate of drug-likeness (QED) is 0.919. The van der Waals surface area contributed by atoms with Crippen LogP contribution < -0.4 is 10.5 Å². The van der Waals surface area contributed by atoms with Gasteiger partial charge in [0.05, 0.1) is 6.04 Å². The highest BCUT2D eigenvalue weighted by molar-refractivity contribution is 5.81. The van der Waals surface area contributed by atoms with Gasteiger partial charge in [-0.05, 0) is 19.1 Å². The van der Waals surface area contributed by atoms with E-state index in [0.717, 1.165) is 12.1 Å². The minimum Gasteiger partial charge on any atom is -0.487 e.